The van der Waals surface area contributed by atoms with E-state index in [9.17, 15) is 4.39 Å². The van der Waals surface area contributed by atoms with Crippen molar-refractivity contribution in [3.8, 4) is 5.75 Å². The van der Waals surface area contributed by atoms with Crippen molar-refractivity contribution in [2.45, 2.75) is 26.7 Å². The maximum atomic E-state index is 13.2. The molecular formula is C19H23BFNO. The Morgan fingerprint density at radius 3 is 2.48 bits per heavy atom. The lowest BCUT2D eigenvalue weighted by Crippen LogP contribution is -2.22. The van der Waals surface area contributed by atoms with E-state index in [0.717, 1.165) is 16.8 Å². The van der Waals surface area contributed by atoms with Crippen molar-refractivity contribution >= 4 is 12.9 Å². The molecule has 3 rings (SSSR count). The number of hydrogen-bond donors (Lipinski definition) is 1. The van der Waals surface area contributed by atoms with E-state index in [1.807, 2.05) is 6.92 Å². The SMILES string of the molecule is Cc1cc(F)ccc1OC[C@@H]1[C@@H](c2ccc(BN)cc2)C1(C)C. The highest BCUT2D eigenvalue weighted by Crippen LogP contribution is 2.64. The monoisotopic (exact) mass is 311 g/mol. The van der Waals surface area contributed by atoms with E-state index in [1.54, 1.807) is 6.07 Å². The molecule has 0 unspecified atom stereocenters. The van der Waals surface area contributed by atoms with Gasteiger partial charge in [-0.25, -0.2) is 4.39 Å². The summed E-state index contributed by atoms with van der Waals surface area (Å²) >= 11 is 0. The Balaban J connectivity index is 1.68. The van der Waals surface area contributed by atoms with E-state index in [2.05, 4.69) is 38.1 Å². The fourth-order valence-corrected chi connectivity index (χ4v) is 3.53. The molecule has 0 amide bonds. The van der Waals surface area contributed by atoms with Gasteiger partial charge in [0.1, 0.15) is 11.6 Å². The number of ether oxygens (including phenoxy) is 1. The third-order valence-corrected chi connectivity index (χ3v) is 5.18. The van der Waals surface area contributed by atoms with Gasteiger partial charge in [0.2, 0.25) is 7.41 Å². The van der Waals surface area contributed by atoms with Crippen LogP contribution in [0.3, 0.4) is 0 Å². The van der Waals surface area contributed by atoms with E-state index in [1.165, 1.54) is 17.7 Å². The molecule has 1 aliphatic carbocycles. The molecule has 2 aromatic carbocycles. The highest BCUT2D eigenvalue weighted by molar-refractivity contribution is 6.49. The molecule has 0 radical (unpaired) electrons. The maximum Gasteiger partial charge on any atom is 0.233 e. The minimum Gasteiger partial charge on any atom is -0.493 e. The van der Waals surface area contributed by atoms with Crippen molar-refractivity contribution in [1.29, 1.82) is 0 Å². The Bertz CT molecular complexity index is 699. The number of benzene rings is 2. The van der Waals surface area contributed by atoms with E-state index < -0.39 is 0 Å². The second-order valence-electron chi connectivity index (χ2n) is 7.07. The molecule has 1 fully saturated rings. The molecule has 23 heavy (non-hydrogen) atoms. The molecular weight excluding hydrogens is 288 g/mol. The average Bonchev–Trinajstić information content (AvgIpc) is 3.07. The largest absolute Gasteiger partial charge is 0.493 e. The molecule has 0 spiro atoms. The second-order valence-corrected chi connectivity index (χ2v) is 7.07. The number of aryl methyl sites for hydroxylation is 1. The van der Waals surface area contributed by atoms with Gasteiger partial charge in [0.25, 0.3) is 0 Å². The molecule has 0 aromatic heterocycles. The van der Waals surface area contributed by atoms with Gasteiger partial charge >= 0.3 is 0 Å². The predicted octanol–water partition coefficient (Wildman–Crippen LogP) is 2.89. The van der Waals surface area contributed by atoms with Gasteiger partial charge in [-0.3, -0.25) is 0 Å². The zero-order chi connectivity index (χ0) is 16.6. The highest BCUT2D eigenvalue weighted by atomic mass is 19.1. The number of nitrogens with two attached hydrogens (primary N) is 1. The van der Waals surface area contributed by atoms with Crippen LogP contribution >= 0.6 is 0 Å². The summed E-state index contributed by atoms with van der Waals surface area (Å²) in [6.45, 7) is 7.09. The van der Waals surface area contributed by atoms with Crippen LogP contribution in [-0.2, 0) is 0 Å². The third kappa shape index (κ3) is 3.13. The minimum atomic E-state index is -0.223. The lowest BCUT2D eigenvalue weighted by Gasteiger charge is -2.09. The quantitative estimate of drug-likeness (QED) is 0.862. The Labute approximate surface area is 138 Å². The van der Waals surface area contributed by atoms with Gasteiger partial charge in [-0.05, 0) is 47.6 Å². The van der Waals surface area contributed by atoms with Crippen LogP contribution in [-0.4, -0.2) is 14.0 Å². The molecule has 0 heterocycles. The standard InChI is InChI=1S/C19H23BFNO/c1-12-10-15(21)8-9-17(12)23-11-16-18(19(16,2)3)13-4-6-14(20-22)7-5-13/h4-10,16,18,20H,11,22H2,1-3H3/t16-,18-/m1/s1. The van der Waals surface area contributed by atoms with Gasteiger partial charge in [-0.15, -0.1) is 0 Å². The fraction of sp³-hybridized carbons (Fsp3) is 0.368. The zero-order valence-electron chi connectivity index (χ0n) is 14.0. The van der Waals surface area contributed by atoms with Crippen molar-refractivity contribution in [1.82, 2.24) is 0 Å². The zero-order valence-corrected chi connectivity index (χ0v) is 14.0. The first-order chi connectivity index (χ1) is 10.9. The minimum absolute atomic E-state index is 0.220. The summed E-state index contributed by atoms with van der Waals surface area (Å²) in [4.78, 5) is 0. The van der Waals surface area contributed by atoms with E-state index in [4.69, 9.17) is 10.4 Å². The summed E-state index contributed by atoms with van der Waals surface area (Å²) in [6, 6.07) is 13.2. The van der Waals surface area contributed by atoms with Crippen molar-refractivity contribution < 1.29 is 9.13 Å². The van der Waals surface area contributed by atoms with Crippen molar-refractivity contribution in [2.75, 3.05) is 6.61 Å². The van der Waals surface area contributed by atoms with Gasteiger partial charge < -0.3 is 10.4 Å². The molecule has 4 heteroatoms. The van der Waals surface area contributed by atoms with Crippen molar-refractivity contribution in [2.24, 2.45) is 17.0 Å². The summed E-state index contributed by atoms with van der Waals surface area (Å²) in [7, 11) is 0.574. The Hall–Kier alpha value is -1.81. The Morgan fingerprint density at radius 1 is 1.17 bits per heavy atom. The van der Waals surface area contributed by atoms with Crippen LogP contribution in [0.5, 0.6) is 5.75 Å². The summed E-state index contributed by atoms with van der Waals surface area (Å²) in [5.41, 5.74) is 9.22. The lowest BCUT2D eigenvalue weighted by atomic mass is 9.84. The van der Waals surface area contributed by atoms with Crippen LogP contribution in [0, 0.1) is 24.1 Å². The normalized spacial score (nSPS) is 21.8. The molecule has 2 nitrogen and oxygen atoms in total. The summed E-state index contributed by atoms with van der Waals surface area (Å²) in [5, 5.41) is 0. The average molecular weight is 311 g/mol. The van der Waals surface area contributed by atoms with E-state index >= 15 is 0 Å². The predicted molar refractivity (Wildman–Crippen MR) is 94.1 cm³/mol. The van der Waals surface area contributed by atoms with Crippen LogP contribution in [0.1, 0.15) is 30.9 Å². The van der Waals surface area contributed by atoms with Crippen molar-refractivity contribution in [3.63, 3.8) is 0 Å². The lowest BCUT2D eigenvalue weighted by molar-refractivity contribution is 0.277. The van der Waals surface area contributed by atoms with Crippen LogP contribution in [0.4, 0.5) is 4.39 Å². The van der Waals surface area contributed by atoms with E-state index in [0.29, 0.717) is 25.9 Å². The first-order valence-corrected chi connectivity index (χ1v) is 8.11. The molecule has 1 saturated carbocycles. The van der Waals surface area contributed by atoms with Gasteiger partial charge in [0.15, 0.2) is 0 Å². The van der Waals surface area contributed by atoms with Crippen LogP contribution in [0.15, 0.2) is 42.5 Å². The molecule has 2 N–H and O–H groups in total. The number of rotatable bonds is 5. The number of halogens is 1. The van der Waals surface area contributed by atoms with Gasteiger partial charge in [-0.1, -0.05) is 43.6 Å². The number of hydrogen-bond acceptors (Lipinski definition) is 2. The molecule has 2 aromatic rings. The topological polar surface area (TPSA) is 35.2 Å². The van der Waals surface area contributed by atoms with Crippen LogP contribution < -0.4 is 15.8 Å². The molecule has 0 bridgehead atoms. The summed E-state index contributed by atoms with van der Waals surface area (Å²) in [5.74, 6) is 1.51. The van der Waals surface area contributed by atoms with Gasteiger partial charge in [0.05, 0.1) is 6.61 Å². The second kappa shape index (κ2) is 6.01. The summed E-state index contributed by atoms with van der Waals surface area (Å²) in [6.07, 6.45) is 0. The van der Waals surface area contributed by atoms with Crippen molar-refractivity contribution in [3.05, 3.63) is 59.4 Å². The Kier molecular flexibility index (Phi) is 4.20. The fourth-order valence-electron chi connectivity index (χ4n) is 3.53. The van der Waals surface area contributed by atoms with Crippen LogP contribution in [0.25, 0.3) is 0 Å². The molecule has 2 atom stereocenters. The molecule has 0 saturated heterocycles. The first kappa shape index (κ1) is 16.1. The van der Waals surface area contributed by atoms with Crippen LogP contribution in [0.2, 0.25) is 0 Å². The van der Waals surface area contributed by atoms with Gasteiger partial charge in [0, 0.05) is 5.92 Å². The molecule has 0 aliphatic heterocycles. The third-order valence-electron chi connectivity index (χ3n) is 5.18. The molecule has 1 aliphatic rings. The van der Waals surface area contributed by atoms with E-state index in [-0.39, 0.29) is 11.2 Å². The van der Waals surface area contributed by atoms with Gasteiger partial charge in [-0.2, -0.15) is 0 Å². The maximum absolute atomic E-state index is 13.2. The highest BCUT2D eigenvalue weighted by Gasteiger charge is 2.58. The smallest absolute Gasteiger partial charge is 0.233 e. The Morgan fingerprint density at radius 2 is 1.87 bits per heavy atom. The first-order valence-electron chi connectivity index (χ1n) is 8.11. The molecule has 120 valence electrons. The summed E-state index contributed by atoms with van der Waals surface area (Å²) < 4.78 is 19.1.